The van der Waals surface area contributed by atoms with Crippen LogP contribution in [0.3, 0.4) is 0 Å². The zero-order valence-electron chi connectivity index (χ0n) is 43.5. The Labute approximate surface area is 443 Å². The minimum atomic E-state index is -1.55. The van der Waals surface area contributed by atoms with Crippen LogP contribution in [0, 0.1) is 28.1 Å². The maximum atomic E-state index is 14.1. The molecule has 19 heteroatoms. The highest BCUT2D eigenvalue weighted by Crippen LogP contribution is 2.59. The quantitative estimate of drug-likeness (QED) is 0.0176. The van der Waals surface area contributed by atoms with Gasteiger partial charge in [0.05, 0.1) is 31.3 Å². The average Bonchev–Trinajstić information content (AvgIpc) is 3.38. The number of aliphatic hydroxyl groups is 2. The standard InChI is InChI=1S/C57H66BN9O9/c1-7-62-55(74)51(60)67(50(59)42-28-41(32(2)3)45(68)29-46(42)69)38-15-19-40(20-16-38)76-39-17-13-35(14-18-39)52(71)64-37(30-57(75)47-26-36(27-48(57)70)56(47,5)6)23-33(4)24-49(58)66-53(72)43(25-34-11-9-8-10-12-34)65-54(73)44-31-61-21-22-63-44/h8-22,26,28-29,31-33,37,43,47-49,59-60,68-70,75H,7,23-25,27,30H2,1-6H3,(H,62,74)(H,64,71)(H,65,73)(H,66,72). The van der Waals surface area contributed by atoms with Crippen molar-refractivity contribution in [1.29, 1.82) is 10.8 Å². The van der Waals surface area contributed by atoms with Crippen LogP contribution < -0.4 is 30.9 Å². The summed E-state index contributed by atoms with van der Waals surface area (Å²) in [6, 6.07) is 22.8. The molecule has 4 amide bonds. The fraction of sp³-hybridized carbons (Fsp3) is 0.368. The molecule has 396 valence electrons. The van der Waals surface area contributed by atoms with E-state index in [1.54, 1.807) is 55.5 Å². The minimum absolute atomic E-state index is 0.0000994. The Hall–Kier alpha value is -7.90. The number of aliphatic hydroxyl groups excluding tert-OH is 1. The lowest BCUT2D eigenvalue weighted by Gasteiger charge is -2.59. The molecule has 1 saturated carbocycles. The molecule has 18 nitrogen and oxygen atoms in total. The highest BCUT2D eigenvalue weighted by molar-refractivity contribution is 6.48. The molecule has 1 aromatic heterocycles. The second kappa shape index (κ2) is 23.8. The van der Waals surface area contributed by atoms with E-state index in [1.165, 1.54) is 24.7 Å². The Kier molecular flexibility index (Phi) is 17.5. The van der Waals surface area contributed by atoms with Gasteiger partial charge in [-0.05, 0) is 122 Å². The summed E-state index contributed by atoms with van der Waals surface area (Å²) < 4.78 is 6.12. The number of hydrogen-bond donors (Lipinski definition) is 10. The van der Waals surface area contributed by atoms with Crippen molar-refractivity contribution in [2.45, 2.75) is 109 Å². The van der Waals surface area contributed by atoms with Crippen LogP contribution in [0.2, 0.25) is 0 Å². The largest absolute Gasteiger partial charge is 0.508 e. The van der Waals surface area contributed by atoms with Gasteiger partial charge in [-0.2, -0.15) is 0 Å². The first-order valence-corrected chi connectivity index (χ1v) is 25.4. The number of phenols is 2. The molecule has 76 heavy (non-hydrogen) atoms. The van der Waals surface area contributed by atoms with Gasteiger partial charge in [0.15, 0.2) is 5.84 Å². The van der Waals surface area contributed by atoms with Crippen molar-refractivity contribution in [3.8, 4) is 23.0 Å². The molecule has 5 aromatic rings. The summed E-state index contributed by atoms with van der Waals surface area (Å²) in [7, 11) is 6.58. The van der Waals surface area contributed by atoms with Crippen molar-refractivity contribution in [3.05, 3.63) is 149 Å². The number of aromatic nitrogens is 2. The number of carbonyl (C=O) groups is 4. The fourth-order valence-electron chi connectivity index (χ4n) is 10.2. The molecule has 7 unspecified atom stereocenters. The van der Waals surface area contributed by atoms with Crippen LogP contribution in [-0.2, 0) is 16.0 Å². The van der Waals surface area contributed by atoms with Crippen LogP contribution >= 0.6 is 0 Å². The molecule has 4 aromatic carbocycles. The summed E-state index contributed by atoms with van der Waals surface area (Å²) >= 11 is 0. The van der Waals surface area contributed by atoms with Crippen molar-refractivity contribution >= 4 is 48.8 Å². The van der Waals surface area contributed by atoms with Gasteiger partial charge in [0, 0.05) is 54.6 Å². The zero-order valence-corrected chi connectivity index (χ0v) is 43.5. The number of aromatic hydroxyl groups is 2. The van der Waals surface area contributed by atoms with Crippen LogP contribution in [0.5, 0.6) is 23.0 Å². The Balaban J connectivity index is 1.04. The number of fused-ring (bicyclic) bond motifs is 2. The highest BCUT2D eigenvalue weighted by atomic mass is 16.5. The third-order valence-corrected chi connectivity index (χ3v) is 14.3. The number of rotatable bonds is 20. The summed E-state index contributed by atoms with van der Waals surface area (Å²) in [5, 5.41) is 74.0. The number of amides is 4. The molecular formula is C57H66BN9O9. The van der Waals surface area contributed by atoms with Crippen molar-refractivity contribution < 1.29 is 44.3 Å². The SMILES string of the molecule is [B]C(CC(C)CC(CC1(O)C(O)CC2=CC1C2(C)C)NC(=O)c1ccc(Oc2ccc(N(C(=N)C(=O)NCC)C(=N)c3cc(C(C)C)c(O)cc3O)cc2)cc1)NC(=O)C(Cc1ccccc1)NC(=O)c1cnccn1. The van der Waals surface area contributed by atoms with Crippen molar-refractivity contribution in [2.75, 3.05) is 11.4 Å². The smallest absolute Gasteiger partial charge is 0.287 e. The highest BCUT2D eigenvalue weighted by Gasteiger charge is 2.60. The molecule has 2 radical (unpaired) electrons. The Morgan fingerprint density at radius 2 is 1.54 bits per heavy atom. The second-order valence-electron chi connectivity index (χ2n) is 20.6. The zero-order chi connectivity index (χ0) is 55.1. The fourth-order valence-corrected chi connectivity index (χ4v) is 10.2. The van der Waals surface area contributed by atoms with E-state index >= 15 is 0 Å². The number of hydrogen-bond acceptors (Lipinski definition) is 13. The Morgan fingerprint density at radius 1 is 0.868 bits per heavy atom. The first kappa shape index (κ1) is 55.8. The van der Waals surface area contributed by atoms with Gasteiger partial charge in [0.25, 0.3) is 17.7 Å². The second-order valence-corrected chi connectivity index (χ2v) is 20.6. The molecule has 3 aliphatic rings. The van der Waals surface area contributed by atoms with Gasteiger partial charge in [0.2, 0.25) is 5.91 Å². The van der Waals surface area contributed by atoms with E-state index in [0.29, 0.717) is 29.9 Å². The Morgan fingerprint density at radius 3 is 2.16 bits per heavy atom. The van der Waals surface area contributed by atoms with E-state index < -0.39 is 64.9 Å². The van der Waals surface area contributed by atoms with E-state index in [9.17, 15) is 39.6 Å². The van der Waals surface area contributed by atoms with E-state index in [4.69, 9.17) is 23.4 Å². The number of ether oxygens (including phenoxy) is 1. The van der Waals surface area contributed by atoms with Gasteiger partial charge < -0.3 is 46.4 Å². The van der Waals surface area contributed by atoms with E-state index in [2.05, 4.69) is 31.2 Å². The van der Waals surface area contributed by atoms with Crippen molar-refractivity contribution in [2.24, 2.45) is 17.3 Å². The summed E-state index contributed by atoms with van der Waals surface area (Å²) in [4.78, 5) is 63.1. The lowest BCUT2D eigenvalue weighted by molar-refractivity contribution is -0.163. The normalized spacial score (nSPS) is 18.8. The Bertz CT molecular complexity index is 2960. The number of nitrogens with zero attached hydrogens (tertiary/aromatic N) is 3. The minimum Gasteiger partial charge on any atom is -0.508 e. The lowest BCUT2D eigenvalue weighted by Crippen LogP contribution is -2.64. The maximum Gasteiger partial charge on any atom is 0.287 e. The number of nitrogens with one attached hydrogen (secondary N) is 6. The number of amidine groups is 2. The van der Waals surface area contributed by atoms with Gasteiger partial charge in [-0.3, -0.25) is 39.9 Å². The van der Waals surface area contributed by atoms with Crippen molar-refractivity contribution in [1.82, 2.24) is 31.2 Å². The molecular weight excluding hydrogens is 965 g/mol. The van der Waals surface area contributed by atoms with Gasteiger partial charge in [-0.1, -0.05) is 76.6 Å². The summed E-state index contributed by atoms with van der Waals surface area (Å²) in [6.07, 6.45) is 6.18. The van der Waals surface area contributed by atoms with E-state index in [-0.39, 0.29) is 83.1 Å². The average molecular weight is 1030 g/mol. The van der Waals surface area contributed by atoms with Gasteiger partial charge in [0.1, 0.15) is 40.6 Å². The third kappa shape index (κ3) is 12.8. The number of benzene rings is 4. The summed E-state index contributed by atoms with van der Waals surface area (Å²) in [5.74, 6) is -4.66. The van der Waals surface area contributed by atoms with Gasteiger partial charge >= 0.3 is 0 Å². The van der Waals surface area contributed by atoms with Gasteiger partial charge in [-0.25, -0.2) is 4.98 Å². The predicted molar refractivity (Wildman–Crippen MR) is 289 cm³/mol. The predicted octanol–water partition coefficient (Wildman–Crippen LogP) is 6.38. The first-order valence-electron chi connectivity index (χ1n) is 25.4. The number of carbonyl (C=O) groups excluding carboxylic acids is 4. The molecule has 0 saturated heterocycles. The van der Waals surface area contributed by atoms with Crippen LogP contribution in [-0.4, -0.2) is 110 Å². The molecule has 1 heterocycles. The van der Waals surface area contributed by atoms with E-state index in [0.717, 1.165) is 22.1 Å². The lowest BCUT2D eigenvalue weighted by atomic mass is 9.49. The van der Waals surface area contributed by atoms with Gasteiger partial charge in [-0.15, -0.1) is 0 Å². The molecule has 1 fully saturated rings. The van der Waals surface area contributed by atoms with Crippen LogP contribution in [0.1, 0.15) is 111 Å². The van der Waals surface area contributed by atoms with Crippen LogP contribution in [0.15, 0.2) is 121 Å². The topological polar surface area (TPSA) is 283 Å². The van der Waals surface area contributed by atoms with Crippen molar-refractivity contribution in [3.63, 3.8) is 0 Å². The number of likely N-dealkylation sites (N-methyl/N-ethyl adjacent to an activating group) is 1. The third-order valence-electron chi connectivity index (χ3n) is 14.3. The molecule has 0 aliphatic heterocycles. The van der Waals surface area contributed by atoms with Crippen LogP contribution in [0.25, 0.3) is 0 Å². The molecule has 8 rings (SSSR count). The number of anilines is 1. The van der Waals surface area contributed by atoms with E-state index in [1.807, 2.05) is 71.0 Å². The monoisotopic (exact) mass is 1030 g/mol. The molecule has 0 spiro atoms. The maximum absolute atomic E-state index is 14.1. The molecule has 2 bridgehead atoms. The number of phenolic OH excluding ortho intramolecular Hbond substituents is 2. The molecule has 3 aliphatic carbocycles. The molecule has 10 N–H and O–H groups in total. The van der Waals surface area contributed by atoms with Crippen LogP contribution in [0.4, 0.5) is 5.69 Å². The first-order chi connectivity index (χ1) is 36.1. The summed E-state index contributed by atoms with van der Waals surface area (Å²) in [6.45, 7) is 11.6. The summed E-state index contributed by atoms with van der Waals surface area (Å²) in [5.41, 5.74) is 1.04. The molecule has 7 atom stereocenters.